The standard InChI is InChI=1S/C20H26O5/c1-5-14(10-21)18(23)25-20-8-6-7-13(3)19(20,4)9-15-12(2)11-24-16(15)17(20)22/h5,11,13,21H,6-10H2,1-4H3/b14-5+. The van der Waals surface area contributed by atoms with E-state index in [9.17, 15) is 14.7 Å². The maximum absolute atomic E-state index is 13.4. The monoisotopic (exact) mass is 346 g/mol. The minimum absolute atomic E-state index is 0.171. The molecular weight excluding hydrogens is 320 g/mol. The van der Waals surface area contributed by atoms with Crippen molar-refractivity contribution < 1.29 is 23.8 Å². The summed E-state index contributed by atoms with van der Waals surface area (Å²) in [6.07, 6.45) is 6.07. The summed E-state index contributed by atoms with van der Waals surface area (Å²) in [5, 5.41) is 9.39. The van der Waals surface area contributed by atoms with Crippen LogP contribution < -0.4 is 0 Å². The molecule has 0 amide bonds. The topological polar surface area (TPSA) is 76.7 Å². The maximum atomic E-state index is 13.4. The van der Waals surface area contributed by atoms with Gasteiger partial charge in [0.1, 0.15) is 0 Å². The Morgan fingerprint density at radius 2 is 2.24 bits per heavy atom. The molecule has 3 atom stereocenters. The molecule has 1 fully saturated rings. The van der Waals surface area contributed by atoms with Gasteiger partial charge in [0.2, 0.25) is 5.78 Å². The molecule has 25 heavy (non-hydrogen) atoms. The Morgan fingerprint density at radius 1 is 1.52 bits per heavy atom. The maximum Gasteiger partial charge on any atom is 0.337 e. The number of allylic oxidation sites excluding steroid dienone is 1. The second-order valence-electron chi connectivity index (χ2n) is 7.63. The Labute approximate surface area is 148 Å². The number of esters is 1. The molecule has 5 heteroatoms. The zero-order chi connectivity index (χ0) is 18.4. The van der Waals surface area contributed by atoms with Gasteiger partial charge >= 0.3 is 5.97 Å². The van der Waals surface area contributed by atoms with E-state index in [2.05, 4.69) is 6.92 Å². The third kappa shape index (κ3) is 2.40. The molecule has 1 aromatic rings. The number of ketones is 1. The van der Waals surface area contributed by atoms with Crippen LogP contribution in [0.3, 0.4) is 0 Å². The molecule has 0 spiro atoms. The summed E-state index contributed by atoms with van der Waals surface area (Å²) in [5.41, 5.74) is 0.341. The van der Waals surface area contributed by atoms with Gasteiger partial charge < -0.3 is 14.3 Å². The first kappa shape index (κ1) is 17.9. The van der Waals surface area contributed by atoms with Gasteiger partial charge in [0, 0.05) is 11.0 Å². The van der Waals surface area contributed by atoms with Crippen molar-refractivity contribution in [3.8, 4) is 0 Å². The van der Waals surface area contributed by atoms with Crippen molar-refractivity contribution in [1.29, 1.82) is 0 Å². The van der Waals surface area contributed by atoms with Gasteiger partial charge in [-0.25, -0.2) is 4.79 Å². The van der Waals surface area contributed by atoms with E-state index < -0.39 is 23.6 Å². The lowest BCUT2D eigenvalue weighted by molar-refractivity contribution is -0.176. The van der Waals surface area contributed by atoms with Crippen molar-refractivity contribution in [2.75, 3.05) is 6.61 Å². The summed E-state index contributed by atoms with van der Waals surface area (Å²) in [6, 6.07) is 0. The van der Waals surface area contributed by atoms with Gasteiger partial charge in [0.05, 0.1) is 18.4 Å². The summed E-state index contributed by atoms with van der Waals surface area (Å²) in [5.74, 6) is -0.311. The van der Waals surface area contributed by atoms with E-state index >= 15 is 0 Å². The smallest absolute Gasteiger partial charge is 0.337 e. The van der Waals surface area contributed by atoms with Gasteiger partial charge in [0.25, 0.3) is 0 Å². The molecule has 0 radical (unpaired) electrons. The van der Waals surface area contributed by atoms with Crippen LogP contribution in [0.2, 0.25) is 0 Å². The molecular formula is C20H26O5. The van der Waals surface area contributed by atoms with Crippen molar-refractivity contribution in [1.82, 2.24) is 0 Å². The number of fused-ring (bicyclic) bond motifs is 2. The number of ether oxygens (including phenoxy) is 1. The van der Waals surface area contributed by atoms with Crippen LogP contribution in [0, 0.1) is 18.3 Å². The van der Waals surface area contributed by atoms with Crippen molar-refractivity contribution in [3.63, 3.8) is 0 Å². The predicted octanol–water partition coefficient (Wildman–Crippen LogP) is 3.37. The fraction of sp³-hybridized carbons (Fsp3) is 0.600. The van der Waals surface area contributed by atoms with Crippen LogP contribution in [0.15, 0.2) is 22.3 Å². The first-order valence-electron chi connectivity index (χ1n) is 8.92. The Kier molecular flexibility index (Phi) is 4.40. The second-order valence-corrected chi connectivity index (χ2v) is 7.63. The summed E-state index contributed by atoms with van der Waals surface area (Å²) in [7, 11) is 0. The number of rotatable bonds is 3. The van der Waals surface area contributed by atoms with E-state index in [-0.39, 0.29) is 17.3 Å². The average Bonchev–Trinajstić information content (AvgIpc) is 2.93. The molecule has 1 heterocycles. The van der Waals surface area contributed by atoms with Crippen LogP contribution in [-0.2, 0) is 16.0 Å². The Balaban J connectivity index is 2.12. The highest BCUT2D eigenvalue weighted by molar-refractivity contribution is 6.05. The summed E-state index contributed by atoms with van der Waals surface area (Å²) < 4.78 is 11.4. The molecule has 3 rings (SSSR count). The van der Waals surface area contributed by atoms with Gasteiger partial charge in [-0.05, 0) is 51.0 Å². The van der Waals surface area contributed by atoms with Gasteiger partial charge in [-0.15, -0.1) is 0 Å². The van der Waals surface area contributed by atoms with Gasteiger partial charge in [-0.2, -0.15) is 0 Å². The van der Waals surface area contributed by atoms with Crippen LogP contribution in [0.25, 0.3) is 0 Å². The lowest BCUT2D eigenvalue weighted by atomic mass is 9.52. The molecule has 2 aliphatic carbocycles. The minimum atomic E-state index is -1.23. The average molecular weight is 346 g/mol. The normalized spacial score (nSPS) is 32.1. The van der Waals surface area contributed by atoms with Gasteiger partial charge in [-0.1, -0.05) is 19.9 Å². The van der Waals surface area contributed by atoms with Crippen LogP contribution >= 0.6 is 0 Å². The molecule has 0 aliphatic heterocycles. The number of hydrogen-bond donors (Lipinski definition) is 1. The molecule has 0 saturated heterocycles. The van der Waals surface area contributed by atoms with Gasteiger partial charge in [0.15, 0.2) is 11.4 Å². The number of aryl methyl sites for hydroxylation is 1. The summed E-state index contributed by atoms with van der Waals surface area (Å²) in [6.45, 7) is 7.37. The molecule has 0 aromatic carbocycles. The molecule has 2 aliphatic rings. The molecule has 1 aromatic heterocycles. The van der Waals surface area contributed by atoms with E-state index in [0.29, 0.717) is 18.6 Å². The largest absolute Gasteiger partial charge is 0.460 e. The van der Waals surface area contributed by atoms with Crippen molar-refractivity contribution in [2.24, 2.45) is 11.3 Å². The first-order valence-corrected chi connectivity index (χ1v) is 8.92. The van der Waals surface area contributed by atoms with E-state index in [1.54, 1.807) is 13.2 Å². The van der Waals surface area contributed by atoms with Crippen LogP contribution in [0.4, 0.5) is 0 Å². The minimum Gasteiger partial charge on any atom is -0.460 e. The zero-order valence-corrected chi connectivity index (χ0v) is 15.3. The second kappa shape index (κ2) is 6.13. The molecule has 3 unspecified atom stereocenters. The lowest BCUT2D eigenvalue weighted by Crippen LogP contribution is -2.63. The molecule has 1 N–H and O–H groups in total. The number of aliphatic hydroxyl groups is 1. The SMILES string of the molecule is C/C=C(\CO)C(=O)OC12CCCC(C)C1(C)Cc1c(C)coc1C2=O. The van der Waals surface area contributed by atoms with E-state index in [0.717, 1.165) is 24.0 Å². The number of furan rings is 1. The Bertz CT molecular complexity index is 743. The number of hydrogen-bond acceptors (Lipinski definition) is 5. The van der Waals surface area contributed by atoms with Crippen LogP contribution in [0.5, 0.6) is 0 Å². The van der Waals surface area contributed by atoms with E-state index in [1.165, 1.54) is 6.08 Å². The molecule has 136 valence electrons. The van der Waals surface area contributed by atoms with Gasteiger partial charge in [-0.3, -0.25) is 4.79 Å². The van der Waals surface area contributed by atoms with Crippen LogP contribution in [0.1, 0.15) is 61.7 Å². The first-order chi connectivity index (χ1) is 11.8. The Morgan fingerprint density at radius 3 is 2.88 bits per heavy atom. The predicted molar refractivity (Wildman–Crippen MR) is 92.3 cm³/mol. The quantitative estimate of drug-likeness (QED) is 0.671. The molecule has 0 bridgehead atoms. The third-order valence-electron chi connectivity index (χ3n) is 6.44. The van der Waals surface area contributed by atoms with E-state index in [4.69, 9.17) is 9.15 Å². The fourth-order valence-electron chi connectivity index (χ4n) is 4.49. The number of aliphatic hydroxyl groups excluding tert-OH is 1. The third-order valence-corrected chi connectivity index (χ3v) is 6.44. The fourth-order valence-corrected chi connectivity index (χ4v) is 4.49. The number of carbonyl (C=O) groups excluding carboxylic acids is 2. The number of Topliss-reactive ketones (excluding diaryl/α,β-unsaturated/α-hetero) is 1. The molecule has 5 nitrogen and oxygen atoms in total. The number of carbonyl (C=O) groups is 2. The van der Waals surface area contributed by atoms with Crippen LogP contribution in [-0.4, -0.2) is 29.1 Å². The summed E-state index contributed by atoms with van der Waals surface area (Å²) >= 11 is 0. The highest BCUT2D eigenvalue weighted by Crippen LogP contribution is 2.56. The highest BCUT2D eigenvalue weighted by atomic mass is 16.6. The Hall–Kier alpha value is -1.88. The highest BCUT2D eigenvalue weighted by Gasteiger charge is 2.64. The van der Waals surface area contributed by atoms with Crippen molar-refractivity contribution in [3.05, 3.63) is 34.8 Å². The zero-order valence-electron chi connectivity index (χ0n) is 15.3. The molecule has 1 saturated carbocycles. The lowest BCUT2D eigenvalue weighted by Gasteiger charge is -2.55. The van der Waals surface area contributed by atoms with Crippen molar-refractivity contribution in [2.45, 2.75) is 59.0 Å². The summed E-state index contributed by atoms with van der Waals surface area (Å²) in [4.78, 5) is 26.0. The van der Waals surface area contributed by atoms with Crippen molar-refractivity contribution >= 4 is 11.8 Å². The van der Waals surface area contributed by atoms with E-state index in [1.807, 2.05) is 13.8 Å².